The Bertz CT molecular complexity index is 2140. The minimum atomic E-state index is 0.590. The smallest absolute Gasteiger partial charge is 0.0830 e. The van der Waals surface area contributed by atoms with Gasteiger partial charge in [0.2, 0.25) is 0 Å². The summed E-state index contributed by atoms with van der Waals surface area (Å²) in [7, 11) is 1.82. The lowest BCUT2D eigenvalue weighted by atomic mass is 10.00. The van der Waals surface area contributed by atoms with Crippen LogP contribution in [0.3, 0.4) is 0 Å². The molecule has 0 amide bonds. The van der Waals surface area contributed by atoms with Gasteiger partial charge in [0.1, 0.15) is 0 Å². The number of nitrogens with zero attached hydrogens (tertiary/aromatic N) is 2. The molecule has 0 atom stereocenters. The average molecular weight is 680 g/mol. The highest BCUT2D eigenvalue weighted by Gasteiger charge is 2.16. The maximum atomic E-state index is 6.68. The molecule has 0 unspecified atom stereocenters. The van der Waals surface area contributed by atoms with Crippen molar-refractivity contribution in [1.82, 2.24) is 4.98 Å². The van der Waals surface area contributed by atoms with Gasteiger partial charge in [0.15, 0.2) is 0 Å². The molecule has 6 aromatic rings. The number of hydrogen-bond donors (Lipinski definition) is 1. The lowest BCUT2D eigenvalue weighted by Gasteiger charge is -2.08. The predicted molar refractivity (Wildman–Crippen MR) is 219 cm³/mol. The Labute approximate surface area is 299 Å². The highest BCUT2D eigenvalue weighted by Crippen LogP contribution is 2.37. The summed E-state index contributed by atoms with van der Waals surface area (Å²) < 4.78 is 1.18. The standard InChI is InChI=1S/C25H20ClNS.C13H12N2.C4H6.C2H4/c1-16-8-4-5-9-20(16)17(2)18-12-14-19(15-13-18)24(27-3)25-23(26)21-10-6-7-11-22(21)28-25;1-10(14)11-4-6-12(7-5-11)13-3-2-8-15-9-13;1-3-4-2;1-2/h4-15H,1H2,2-3H3;2-9H,1,14H2;3-4H,1-2H2;1-2H2/b20-17+,27-24?;;;. The fraction of sp³-hybridized carbons (Fsp3) is 0.0455. The van der Waals surface area contributed by atoms with Crippen LogP contribution in [0.2, 0.25) is 5.02 Å². The van der Waals surface area contributed by atoms with Crippen LogP contribution in [0.15, 0.2) is 172 Å². The number of halogens is 1. The van der Waals surface area contributed by atoms with Crippen LogP contribution in [0.4, 0.5) is 0 Å². The highest BCUT2D eigenvalue weighted by atomic mass is 35.5. The molecule has 0 bridgehead atoms. The summed E-state index contributed by atoms with van der Waals surface area (Å²) in [6, 6.07) is 36.9. The van der Waals surface area contributed by atoms with Crippen LogP contribution in [0, 0.1) is 0 Å². The first-order chi connectivity index (χ1) is 23.8. The molecule has 0 saturated carbocycles. The summed E-state index contributed by atoms with van der Waals surface area (Å²) in [6.07, 6.45) is 6.88. The first kappa shape index (κ1) is 37.9. The Hall–Kier alpha value is -5.55. The van der Waals surface area contributed by atoms with E-state index in [2.05, 4.69) is 98.8 Å². The van der Waals surface area contributed by atoms with Crippen molar-refractivity contribution in [3.05, 3.63) is 204 Å². The van der Waals surface area contributed by atoms with E-state index in [0.717, 1.165) is 48.5 Å². The van der Waals surface area contributed by atoms with Gasteiger partial charge in [0.05, 0.1) is 15.6 Å². The number of nitrogens with two attached hydrogens (primary N) is 1. The van der Waals surface area contributed by atoms with Crippen LogP contribution in [0.5, 0.6) is 0 Å². The summed E-state index contributed by atoms with van der Waals surface area (Å²) in [5.74, 6) is 0. The number of hydrogen-bond acceptors (Lipinski definition) is 4. The third-order valence-electron chi connectivity index (χ3n) is 7.40. The van der Waals surface area contributed by atoms with E-state index >= 15 is 0 Å². The Balaban J connectivity index is 0.000000259. The maximum absolute atomic E-state index is 6.68. The van der Waals surface area contributed by atoms with Crippen molar-refractivity contribution in [3.63, 3.8) is 0 Å². The van der Waals surface area contributed by atoms with Gasteiger partial charge in [0, 0.05) is 40.8 Å². The van der Waals surface area contributed by atoms with Gasteiger partial charge in [-0.05, 0) is 57.3 Å². The minimum Gasteiger partial charge on any atom is -0.399 e. The summed E-state index contributed by atoms with van der Waals surface area (Å²) in [6.45, 7) is 22.7. The van der Waals surface area contributed by atoms with Crippen molar-refractivity contribution in [3.8, 4) is 11.1 Å². The summed E-state index contributed by atoms with van der Waals surface area (Å²) in [5.41, 5.74) is 13.8. The molecule has 2 heterocycles. The molecule has 246 valence electrons. The molecule has 0 aliphatic heterocycles. The number of rotatable bonds is 6. The highest BCUT2D eigenvalue weighted by molar-refractivity contribution is 7.21. The molecular formula is C44H42ClN3S. The third-order valence-corrected chi connectivity index (χ3v) is 9.09. The quantitative estimate of drug-likeness (QED) is 0.108. The number of aromatic nitrogens is 1. The van der Waals surface area contributed by atoms with Crippen molar-refractivity contribution in [2.75, 3.05) is 7.05 Å². The van der Waals surface area contributed by atoms with Gasteiger partial charge in [-0.15, -0.1) is 24.5 Å². The molecule has 3 nitrogen and oxygen atoms in total. The summed E-state index contributed by atoms with van der Waals surface area (Å²) in [4.78, 5) is 9.65. The molecule has 4 aromatic carbocycles. The van der Waals surface area contributed by atoms with Gasteiger partial charge in [-0.1, -0.05) is 147 Å². The number of pyridine rings is 1. The van der Waals surface area contributed by atoms with E-state index in [1.807, 2.05) is 80.0 Å². The second-order valence-corrected chi connectivity index (χ2v) is 11.9. The Morgan fingerprint density at radius 1 is 0.776 bits per heavy atom. The number of allylic oxidation sites excluding steroid dienone is 2. The molecule has 0 fully saturated rings. The molecular weight excluding hydrogens is 638 g/mol. The molecule has 0 radical (unpaired) electrons. The largest absolute Gasteiger partial charge is 0.399 e. The monoisotopic (exact) mass is 679 g/mol. The van der Waals surface area contributed by atoms with E-state index in [9.17, 15) is 0 Å². The first-order valence-electron chi connectivity index (χ1n) is 15.5. The first-order valence-corrected chi connectivity index (χ1v) is 16.7. The molecule has 6 rings (SSSR count). The second-order valence-electron chi connectivity index (χ2n) is 10.5. The number of aliphatic imine (C=N–C) groups is 1. The van der Waals surface area contributed by atoms with E-state index in [1.165, 1.54) is 21.1 Å². The molecule has 49 heavy (non-hydrogen) atoms. The summed E-state index contributed by atoms with van der Waals surface area (Å²) >= 11 is 8.36. The van der Waals surface area contributed by atoms with Crippen LogP contribution in [0.25, 0.3) is 39.1 Å². The van der Waals surface area contributed by atoms with Crippen LogP contribution in [0.1, 0.15) is 28.5 Å². The maximum Gasteiger partial charge on any atom is 0.0830 e. The van der Waals surface area contributed by atoms with Gasteiger partial charge in [-0.3, -0.25) is 9.98 Å². The Morgan fingerprint density at radius 3 is 1.92 bits per heavy atom. The minimum absolute atomic E-state index is 0.590. The zero-order valence-electron chi connectivity index (χ0n) is 28.2. The second kappa shape index (κ2) is 19.3. The molecule has 0 aliphatic carbocycles. The number of thiophene rings is 1. The Morgan fingerprint density at radius 2 is 1.37 bits per heavy atom. The molecule has 0 saturated heterocycles. The van der Waals surface area contributed by atoms with Crippen LogP contribution < -0.4 is 16.2 Å². The van der Waals surface area contributed by atoms with Crippen molar-refractivity contribution < 1.29 is 0 Å². The molecule has 2 N–H and O–H groups in total. The fourth-order valence-corrected chi connectivity index (χ4v) is 6.44. The van der Waals surface area contributed by atoms with Crippen LogP contribution >= 0.6 is 22.9 Å². The zero-order chi connectivity index (χ0) is 35.8. The van der Waals surface area contributed by atoms with Gasteiger partial charge >= 0.3 is 0 Å². The van der Waals surface area contributed by atoms with E-state index in [-0.39, 0.29) is 0 Å². The van der Waals surface area contributed by atoms with Crippen molar-refractivity contribution in [1.29, 1.82) is 0 Å². The van der Waals surface area contributed by atoms with Gasteiger partial charge in [-0.25, -0.2) is 0 Å². The molecule has 0 spiro atoms. The predicted octanol–water partition coefficient (Wildman–Crippen LogP) is 10.5. The van der Waals surface area contributed by atoms with Crippen LogP contribution in [-0.4, -0.2) is 17.7 Å². The van der Waals surface area contributed by atoms with Gasteiger partial charge in [0.25, 0.3) is 0 Å². The summed E-state index contributed by atoms with van der Waals surface area (Å²) in [5, 5.41) is 4.07. The topological polar surface area (TPSA) is 51.3 Å². The van der Waals surface area contributed by atoms with Crippen molar-refractivity contribution >= 4 is 56.6 Å². The zero-order valence-corrected chi connectivity index (χ0v) is 29.8. The molecule has 2 aromatic heterocycles. The van der Waals surface area contributed by atoms with E-state index in [1.54, 1.807) is 29.7 Å². The van der Waals surface area contributed by atoms with Crippen molar-refractivity contribution in [2.24, 2.45) is 10.7 Å². The van der Waals surface area contributed by atoms with Crippen LogP contribution in [-0.2, 0) is 0 Å². The normalized spacial score (nSPS) is 11.0. The number of fused-ring (bicyclic) bond motifs is 1. The lowest BCUT2D eigenvalue weighted by Crippen LogP contribution is -2.24. The molecule has 0 aliphatic rings. The Kier molecular flexibility index (Phi) is 14.9. The SMILES string of the molecule is C=C.C=C(N)c1ccc(-c2cccnc2)cc1.C=CC=C.C=c1cccc/c1=C(/C)c1ccc(C(=NC)c2sc3ccccc3c2Cl)cc1. The average Bonchev–Trinajstić information content (AvgIpc) is 3.49. The van der Waals surface area contributed by atoms with Gasteiger partial charge < -0.3 is 5.73 Å². The number of benzene rings is 4. The van der Waals surface area contributed by atoms with E-state index in [0.29, 0.717) is 5.70 Å². The van der Waals surface area contributed by atoms with E-state index in [4.69, 9.17) is 17.3 Å². The van der Waals surface area contributed by atoms with Crippen molar-refractivity contribution in [2.45, 2.75) is 6.92 Å². The third kappa shape index (κ3) is 9.97. The van der Waals surface area contributed by atoms with Gasteiger partial charge in [-0.2, -0.15) is 0 Å². The lowest BCUT2D eigenvalue weighted by molar-refractivity contribution is 1.33. The fourth-order valence-electron chi connectivity index (χ4n) is 4.86. The van der Waals surface area contributed by atoms with E-state index < -0.39 is 0 Å². The molecule has 5 heteroatoms.